The number of benzene rings is 1. The van der Waals surface area contributed by atoms with Crippen molar-refractivity contribution in [1.82, 2.24) is 0 Å². The van der Waals surface area contributed by atoms with E-state index in [-0.39, 0.29) is 5.57 Å². The van der Waals surface area contributed by atoms with Gasteiger partial charge in [-0.3, -0.25) is 0 Å². The van der Waals surface area contributed by atoms with Crippen molar-refractivity contribution in [3.8, 4) is 0 Å². The van der Waals surface area contributed by atoms with Crippen LogP contribution in [-0.4, -0.2) is 18.5 Å². The second kappa shape index (κ2) is 7.06. The van der Waals surface area contributed by atoms with Gasteiger partial charge in [0.1, 0.15) is 6.61 Å². The van der Waals surface area contributed by atoms with Gasteiger partial charge in [0.25, 0.3) is 0 Å². The first-order chi connectivity index (χ1) is 10.2. The molecule has 120 valence electrons. The monoisotopic (exact) mass is 320 g/mol. The molecule has 0 aliphatic rings. The molecule has 0 saturated heterocycles. The fourth-order valence-electron chi connectivity index (χ4n) is 1.40. The summed E-state index contributed by atoms with van der Waals surface area (Å²) in [6, 6.07) is 0. The maximum Gasteiger partial charge on any atom is 0.344 e. The highest BCUT2D eigenvalue weighted by Gasteiger charge is 2.23. The first-order valence-electron chi connectivity index (χ1n) is 5.96. The molecule has 1 aromatic carbocycles. The number of hydrogen-bond acceptors (Lipinski definition) is 4. The molecule has 8 heteroatoms. The minimum Gasteiger partial charge on any atom is -0.458 e. The molecule has 1 aromatic rings. The van der Waals surface area contributed by atoms with Crippen LogP contribution in [0.3, 0.4) is 0 Å². The topological polar surface area (TPSA) is 52.6 Å². The predicted octanol–water partition coefficient (Wildman–Crippen LogP) is 2.71. The smallest absolute Gasteiger partial charge is 0.344 e. The normalized spacial score (nSPS) is 10.3. The molecule has 0 spiro atoms. The van der Waals surface area contributed by atoms with Gasteiger partial charge in [-0.15, -0.1) is 0 Å². The molecular formula is C14H12F4O4. The summed E-state index contributed by atoms with van der Waals surface area (Å²) in [5, 5.41) is 0. The lowest BCUT2D eigenvalue weighted by Crippen LogP contribution is -2.17. The van der Waals surface area contributed by atoms with Crippen molar-refractivity contribution in [3.05, 3.63) is 46.5 Å². The van der Waals surface area contributed by atoms with Gasteiger partial charge < -0.3 is 9.47 Å². The molecule has 0 fully saturated rings. The van der Waals surface area contributed by atoms with Crippen molar-refractivity contribution >= 4 is 11.9 Å². The van der Waals surface area contributed by atoms with Crippen LogP contribution in [0.2, 0.25) is 0 Å². The van der Waals surface area contributed by atoms with Crippen LogP contribution in [0, 0.1) is 30.2 Å². The van der Waals surface area contributed by atoms with Gasteiger partial charge in [-0.25, -0.2) is 27.2 Å². The number of rotatable bonds is 5. The number of carbonyl (C=O) groups excluding carboxylic acids is 2. The van der Waals surface area contributed by atoms with E-state index in [1.165, 1.54) is 6.92 Å². The zero-order valence-electron chi connectivity index (χ0n) is 11.8. The van der Waals surface area contributed by atoms with Crippen molar-refractivity contribution in [2.24, 2.45) is 0 Å². The average molecular weight is 320 g/mol. The minimum atomic E-state index is -2.00. The maximum absolute atomic E-state index is 13.5. The molecule has 0 aliphatic heterocycles. The van der Waals surface area contributed by atoms with Gasteiger partial charge in [0, 0.05) is 11.1 Å². The third kappa shape index (κ3) is 3.84. The van der Waals surface area contributed by atoms with E-state index in [0.29, 0.717) is 0 Å². The van der Waals surface area contributed by atoms with Crippen molar-refractivity contribution < 1.29 is 36.6 Å². The molecule has 0 N–H and O–H groups in total. The molecule has 0 amide bonds. The quantitative estimate of drug-likeness (QED) is 0.275. The van der Waals surface area contributed by atoms with Gasteiger partial charge in [0.05, 0.1) is 0 Å². The Morgan fingerprint density at radius 3 is 2.09 bits per heavy atom. The zero-order valence-corrected chi connectivity index (χ0v) is 11.8. The van der Waals surface area contributed by atoms with Crippen LogP contribution >= 0.6 is 0 Å². The molecular weight excluding hydrogens is 308 g/mol. The second-order valence-electron chi connectivity index (χ2n) is 4.38. The number of halogens is 4. The van der Waals surface area contributed by atoms with Crippen LogP contribution in [0.4, 0.5) is 17.6 Å². The van der Waals surface area contributed by atoms with Gasteiger partial charge in [-0.1, -0.05) is 6.58 Å². The Morgan fingerprint density at radius 2 is 1.55 bits per heavy atom. The third-order valence-electron chi connectivity index (χ3n) is 2.67. The highest BCUT2D eigenvalue weighted by Crippen LogP contribution is 2.24. The Hall–Kier alpha value is -2.38. The Balaban J connectivity index is 2.75. The minimum absolute atomic E-state index is 0.0531. The molecule has 0 radical (unpaired) electrons. The fraction of sp³-hybridized carbons (Fsp3) is 0.286. The molecule has 4 nitrogen and oxygen atoms in total. The summed E-state index contributed by atoms with van der Waals surface area (Å²) in [5.41, 5.74) is -1.11. The lowest BCUT2D eigenvalue weighted by molar-refractivity contribution is -0.157. The molecule has 0 aromatic heterocycles. The van der Waals surface area contributed by atoms with Gasteiger partial charge in [0.2, 0.25) is 0 Å². The van der Waals surface area contributed by atoms with E-state index in [0.717, 1.165) is 6.92 Å². The van der Waals surface area contributed by atoms with Crippen LogP contribution < -0.4 is 0 Å². The average Bonchev–Trinajstić information content (AvgIpc) is 2.48. The number of hydrogen-bond donors (Lipinski definition) is 0. The summed E-state index contributed by atoms with van der Waals surface area (Å²) in [7, 11) is 0. The lowest BCUT2D eigenvalue weighted by atomic mass is 10.1. The molecule has 0 aliphatic carbocycles. The Bertz CT molecular complexity index is 611. The van der Waals surface area contributed by atoms with Crippen LogP contribution in [-0.2, 0) is 25.7 Å². The van der Waals surface area contributed by atoms with Crippen LogP contribution in [0.25, 0.3) is 0 Å². The van der Waals surface area contributed by atoms with Crippen LogP contribution in [0.15, 0.2) is 12.2 Å². The predicted molar refractivity (Wildman–Crippen MR) is 66.6 cm³/mol. The summed E-state index contributed by atoms with van der Waals surface area (Å²) < 4.78 is 61.8. The largest absolute Gasteiger partial charge is 0.458 e. The van der Waals surface area contributed by atoms with E-state index in [1.54, 1.807) is 0 Å². The van der Waals surface area contributed by atoms with E-state index in [4.69, 9.17) is 0 Å². The van der Waals surface area contributed by atoms with Gasteiger partial charge in [-0.2, -0.15) is 0 Å². The van der Waals surface area contributed by atoms with Crippen molar-refractivity contribution in [2.75, 3.05) is 6.61 Å². The van der Waals surface area contributed by atoms with E-state index < -0.39 is 59.5 Å². The maximum atomic E-state index is 13.5. The van der Waals surface area contributed by atoms with Crippen LogP contribution in [0.1, 0.15) is 18.1 Å². The van der Waals surface area contributed by atoms with Gasteiger partial charge >= 0.3 is 11.9 Å². The fourth-order valence-corrected chi connectivity index (χ4v) is 1.40. The van der Waals surface area contributed by atoms with Gasteiger partial charge in [0.15, 0.2) is 29.9 Å². The van der Waals surface area contributed by atoms with E-state index >= 15 is 0 Å². The molecule has 22 heavy (non-hydrogen) atoms. The summed E-state index contributed by atoms with van der Waals surface area (Å²) in [6.45, 7) is 4.03. The number of carbonyl (C=O) groups is 2. The van der Waals surface area contributed by atoms with Crippen molar-refractivity contribution in [1.29, 1.82) is 0 Å². The highest BCUT2D eigenvalue weighted by molar-refractivity contribution is 5.88. The molecule has 0 heterocycles. The zero-order chi connectivity index (χ0) is 17.0. The summed E-state index contributed by atoms with van der Waals surface area (Å²) in [6.07, 6.45) is 0. The lowest BCUT2D eigenvalue weighted by Gasteiger charge is -2.11. The van der Waals surface area contributed by atoms with E-state index in [9.17, 15) is 27.2 Å². The molecule has 1 rings (SSSR count). The molecule has 0 unspecified atom stereocenters. The summed E-state index contributed by atoms with van der Waals surface area (Å²) in [4.78, 5) is 22.3. The second-order valence-corrected chi connectivity index (χ2v) is 4.38. The summed E-state index contributed by atoms with van der Waals surface area (Å²) in [5.74, 6) is -9.07. The number of ether oxygens (including phenoxy) is 2. The Kier molecular flexibility index (Phi) is 5.67. The molecule has 0 saturated carbocycles. The van der Waals surface area contributed by atoms with E-state index in [1.807, 2.05) is 0 Å². The highest BCUT2D eigenvalue weighted by atomic mass is 19.2. The van der Waals surface area contributed by atoms with Crippen LogP contribution in [0.5, 0.6) is 0 Å². The van der Waals surface area contributed by atoms with Crippen molar-refractivity contribution in [2.45, 2.75) is 20.5 Å². The third-order valence-corrected chi connectivity index (χ3v) is 2.67. The van der Waals surface area contributed by atoms with Gasteiger partial charge in [-0.05, 0) is 19.4 Å². The van der Waals surface area contributed by atoms with Crippen molar-refractivity contribution in [3.63, 3.8) is 0 Å². The first kappa shape index (κ1) is 17.7. The molecule has 0 bridgehead atoms. The standard InChI is InChI=1S/C14H12F4O4/c1-6(2)14(20)22-5-9(19)21-4-8-7(3)10(15)12(17)13(18)11(8)16/h1,4-5H2,2-3H3. The Labute approximate surface area is 123 Å². The van der Waals surface area contributed by atoms with E-state index in [2.05, 4.69) is 16.1 Å². The number of esters is 2. The Morgan fingerprint density at radius 1 is 1.00 bits per heavy atom. The first-order valence-corrected chi connectivity index (χ1v) is 5.96. The molecule has 0 atom stereocenters. The SMILES string of the molecule is C=C(C)C(=O)OCC(=O)OCc1c(C)c(F)c(F)c(F)c1F. The summed E-state index contributed by atoms with van der Waals surface area (Å²) >= 11 is 0.